The maximum absolute atomic E-state index is 4.97. The van der Waals surface area contributed by atoms with Crippen molar-refractivity contribution in [3.63, 3.8) is 0 Å². The fraction of sp³-hybridized carbons (Fsp3) is 0.800. The van der Waals surface area contributed by atoms with E-state index in [4.69, 9.17) is 4.99 Å². The first-order valence-electron chi connectivity index (χ1n) is 20.4. The van der Waals surface area contributed by atoms with Crippen molar-refractivity contribution < 1.29 is 0 Å². The third-order valence-electron chi connectivity index (χ3n) is 14.1. The van der Waals surface area contributed by atoms with Crippen LogP contribution in [-0.2, 0) is 0 Å². The van der Waals surface area contributed by atoms with E-state index in [0.717, 1.165) is 54.8 Å². The summed E-state index contributed by atoms with van der Waals surface area (Å²) in [5, 5.41) is 0. The molecule has 4 rings (SSSR count). The highest BCUT2D eigenvalue weighted by atomic mass is 14.7. The number of hydrogen-bond donors (Lipinski definition) is 0. The zero-order valence-electron chi connectivity index (χ0n) is 31.6. The molecule has 1 heteroatoms. The largest absolute Gasteiger partial charge is 0.293 e. The molecule has 1 nitrogen and oxygen atoms in total. The molecule has 46 heavy (non-hydrogen) atoms. The van der Waals surface area contributed by atoms with Crippen molar-refractivity contribution in [2.45, 2.75) is 169 Å². The fourth-order valence-corrected chi connectivity index (χ4v) is 11.1. The van der Waals surface area contributed by atoms with Gasteiger partial charge in [0.25, 0.3) is 0 Å². The molecular weight excluding hydrogens is 555 g/mol. The van der Waals surface area contributed by atoms with Gasteiger partial charge in [-0.25, -0.2) is 0 Å². The molecule has 0 aliphatic heterocycles. The second-order valence-corrected chi connectivity index (χ2v) is 17.1. The van der Waals surface area contributed by atoms with Crippen LogP contribution in [0.2, 0.25) is 0 Å². The van der Waals surface area contributed by atoms with Gasteiger partial charge in [0.05, 0.1) is 0 Å². The Hall–Kier alpha value is -1.37. The van der Waals surface area contributed by atoms with Gasteiger partial charge in [-0.1, -0.05) is 144 Å². The Morgan fingerprint density at radius 2 is 1.48 bits per heavy atom. The number of aliphatic imine (C=N–C) groups is 1. The minimum absolute atomic E-state index is 0.433. The molecule has 3 saturated carbocycles. The summed E-state index contributed by atoms with van der Waals surface area (Å²) in [4.78, 5) is 4.97. The van der Waals surface area contributed by atoms with Gasteiger partial charge in [0.15, 0.2) is 0 Å². The van der Waals surface area contributed by atoms with Crippen molar-refractivity contribution >= 4 is 5.71 Å². The molecule has 0 amide bonds. The van der Waals surface area contributed by atoms with Gasteiger partial charge in [-0.15, -0.1) is 0 Å². The van der Waals surface area contributed by atoms with Crippen LogP contribution < -0.4 is 0 Å². The summed E-state index contributed by atoms with van der Waals surface area (Å²) in [6, 6.07) is 0. The zero-order valence-corrected chi connectivity index (χ0v) is 31.6. The van der Waals surface area contributed by atoms with E-state index >= 15 is 0 Å². The highest BCUT2D eigenvalue weighted by Crippen LogP contribution is 2.66. The van der Waals surface area contributed by atoms with Gasteiger partial charge < -0.3 is 0 Å². The predicted octanol–water partition coefficient (Wildman–Crippen LogP) is 13.9. The molecule has 0 spiro atoms. The van der Waals surface area contributed by atoms with Crippen molar-refractivity contribution in [2.75, 3.05) is 7.05 Å². The minimum atomic E-state index is 0.433. The fourth-order valence-electron chi connectivity index (χ4n) is 11.1. The lowest BCUT2D eigenvalue weighted by Gasteiger charge is -2.63. The Bertz CT molecular complexity index is 1070. The van der Waals surface area contributed by atoms with Crippen LogP contribution in [0.5, 0.6) is 0 Å². The van der Waals surface area contributed by atoms with E-state index in [1.54, 1.807) is 5.57 Å². The standard InChI is InChI=1S/C45H75N/c1-10-12-13-14-15-16-17-18-19-20-21-23-37-28-32(3)35(6)33(4)29-40-39-24-22-26-45(8,44(39)42(40)31-37)27-25-43(46-9)41-30-34(5)36(7)38(41)11-2/h30,34,36-40,42,44H,3-4,6,10-29,31H2,1-2,5,7-9H3. The van der Waals surface area contributed by atoms with E-state index in [0.29, 0.717) is 17.3 Å². The van der Waals surface area contributed by atoms with Crippen LogP contribution in [0.3, 0.4) is 0 Å². The Labute approximate surface area is 287 Å². The molecular formula is C45H75N. The summed E-state index contributed by atoms with van der Waals surface area (Å²) in [6.45, 7) is 26.0. The highest BCUT2D eigenvalue weighted by Gasteiger charge is 2.58. The van der Waals surface area contributed by atoms with E-state index < -0.39 is 0 Å². The number of unbranched alkanes of at least 4 members (excludes halogenated alkanes) is 10. The van der Waals surface area contributed by atoms with E-state index in [-0.39, 0.29) is 0 Å². The maximum atomic E-state index is 4.97. The molecule has 0 radical (unpaired) electrons. The lowest BCUT2D eigenvalue weighted by molar-refractivity contribution is -0.141. The van der Waals surface area contributed by atoms with E-state index in [1.165, 1.54) is 138 Å². The van der Waals surface area contributed by atoms with Gasteiger partial charge >= 0.3 is 0 Å². The van der Waals surface area contributed by atoms with Crippen molar-refractivity contribution in [2.24, 2.45) is 57.8 Å². The number of allylic oxidation sites excluding steroid dienone is 5. The Kier molecular flexibility index (Phi) is 14.5. The molecule has 4 aliphatic carbocycles. The zero-order chi connectivity index (χ0) is 33.3. The average molecular weight is 630 g/mol. The smallest absolute Gasteiger partial charge is 0.0376 e. The molecule has 0 aromatic rings. The molecule has 3 fully saturated rings. The first-order valence-corrected chi connectivity index (χ1v) is 20.4. The van der Waals surface area contributed by atoms with Gasteiger partial charge in [0, 0.05) is 12.8 Å². The molecule has 0 aromatic heterocycles. The van der Waals surface area contributed by atoms with Crippen LogP contribution in [0.15, 0.2) is 53.1 Å². The lowest BCUT2D eigenvalue weighted by atomic mass is 9.41. The van der Waals surface area contributed by atoms with Gasteiger partial charge in [0.1, 0.15) is 0 Å². The van der Waals surface area contributed by atoms with Gasteiger partial charge in [-0.3, -0.25) is 4.99 Å². The topological polar surface area (TPSA) is 12.4 Å². The Balaban J connectivity index is 1.37. The Morgan fingerprint density at radius 3 is 2.11 bits per heavy atom. The summed E-state index contributed by atoms with van der Waals surface area (Å²) in [7, 11) is 2.06. The molecule has 0 heterocycles. The maximum Gasteiger partial charge on any atom is 0.0376 e. The van der Waals surface area contributed by atoms with Crippen molar-refractivity contribution in [1.82, 2.24) is 0 Å². The first-order chi connectivity index (χ1) is 22.1. The SMILES string of the molecule is C=C1CC(CCCCCCCCCCCCC)CC2C(CC(=C)C1=C)C1CCCC(C)(CCC(=NC)C3=CC(C)C(C)C3CC)C12. The molecule has 0 N–H and O–H groups in total. The van der Waals surface area contributed by atoms with Crippen LogP contribution >= 0.6 is 0 Å². The molecule has 260 valence electrons. The van der Waals surface area contributed by atoms with Crippen LogP contribution in [0.25, 0.3) is 0 Å². The van der Waals surface area contributed by atoms with Crippen LogP contribution in [0.1, 0.15) is 169 Å². The molecule has 4 aliphatic rings. The number of rotatable bonds is 17. The van der Waals surface area contributed by atoms with Crippen molar-refractivity contribution in [1.29, 1.82) is 0 Å². The van der Waals surface area contributed by atoms with E-state index in [1.807, 2.05) is 0 Å². The summed E-state index contributed by atoms with van der Waals surface area (Å²) in [6.07, 6.45) is 31.3. The third kappa shape index (κ3) is 8.99. The van der Waals surface area contributed by atoms with E-state index in [2.05, 4.69) is 67.5 Å². The van der Waals surface area contributed by atoms with Gasteiger partial charge in [0.2, 0.25) is 0 Å². The normalized spacial score (nSPS) is 35.1. The molecule has 9 atom stereocenters. The van der Waals surface area contributed by atoms with E-state index in [9.17, 15) is 0 Å². The minimum Gasteiger partial charge on any atom is -0.293 e. The van der Waals surface area contributed by atoms with Crippen LogP contribution in [0.4, 0.5) is 0 Å². The summed E-state index contributed by atoms with van der Waals surface area (Å²) >= 11 is 0. The second-order valence-electron chi connectivity index (χ2n) is 17.1. The van der Waals surface area contributed by atoms with Gasteiger partial charge in [-0.2, -0.15) is 0 Å². The molecule has 0 bridgehead atoms. The number of hydrogen-bond acceptors (Lipinski definition) is 1. The summed E-state index contributed by atoms with van der Waals surface area (Å²) < 4.78 is 0. The summed E-state index contributed by atoms with van der Waals surface area (Å²) in [5.41, 5.74) is 7.22. The number of nitrogens with zero attached hydrogens (tertiary/aromatic N) is 1. The second kappa shape index (κ2) is 17.9. The van der Waals surface area contributed by atoms with Crippen LogP contribution in [-0.4, -0.2) is 12.8 Å². The first kappa shape index (κ1) is 37.4. The molecule has 9 unspecified atom stereocenters. The highest BCUT2D eigenvalue weighted by molar-refractivity contribution is 6.01. The van der Waals surface area contributed by atoms with Crippen molar-refractivity contribution in [3.05, 3.63) is 48.1 Å². The summed E-state index contributed by atoms with van der Waals surface area (Å²) in [5.74, 6) is 6.26. The number of fused-ring (bicyclic) bond motifs is 4. The lowest BCUT2D eigenvalue weighted by Crippen LogP contribution is -2.56. The van der Waals surface area contributed by atoms with Gasteiger partial charge in [-0.05, 0) is 126 Å². The molecule has 0 saturated heterocycles. The Morgan fingerprint density at radius 1 is 0.848 bits per heavy atom. The molecule has 0 aromatic carbocycles. The van der Waals surface area contributed by atoms with Crippen LogP contribution in [0, 0.1) is 52.8 Å². The quantitative estimate of drug-likeness (QED) is 0.112. The predicted molar refractivity (Wildman–Crippen MR) is 205 cm³/mol. The monoisotopic (exact) mass is 630 g/mol. The third-order valence-corrected chi connectivity index (χ3v) is 14.1. The average Bonchev–Trinajstić information content (AvgIpc) is 3.33. The van der Waals surface area contributed by atoms with Crippen molar-refractivity contribution in [3.8, 4) is 0 Å².